The molecule has 0 unspecified atom stereocenters. The van der Waals surface area contributed by atoms with E-state index in [0.717, 1.165) is 6.07 Å². The number of hydrogen-bond donors (Lipinski definition) is 2. The first kappa shape index (κ1) is 12.9. The molecule has 0 fully saturated rings. The molecule has 7 heteroatoms. The fraction of sp³-hybridized carbons (Fsp3) is 0.167. The van der Waals surface area contributed by atoms with E-state index in [4.69, 9.17) is 16.2 Å². The van der Waals surface area contributed by atoms with Gasteiger partial charge in [0.05, 0.1) is 5.69 Å². The van der Waals surface area contributed by atoms with Crippen LogP contribution < -0.4 is 16.2 Å². The molecule has 0 saturated heterocycles. The van der Waals surface area contributed by atoms with E-state index in [-0.39, 0.29) is 18.2 Å². The van der Waals surface area contributed by atoms with Crippen LogP contribution in [0.3, 0.4) is 0 Å². The SMILES string of the molecule is C=CCOc1cc(F)c(N)nc1-c1nn(C)cc1N. The molecule has 0 spiro atoms. The maximum absolute atomic E-state index is 13.5. The molecular formula is C12H14FN5O. The van der Waals surface area contributed by atoms with Gasteiger partial charge in [-0.15, -0.1) is 0 Å². The van der Waals surface area contributed by atoms with Gasteiger partial charge in [-0.05, 0) is 0 Å². The summed E-state index contributed by atoms with van der Waals surface area (Å²) in [5, 5.41) is 4.17. The van der Waals surface area contributed by atoms with Gasteiger partial charge in [0.1, 0.15) is 18.0 Å². The van der Waals surface area contributed by atoms with E-state index in [0.29, 0.717) is 17.1 Å². The summed E-state index contributed by atoms with van der Waals surface area (Å²) in [5.74, 6) is -0.666. The maximum atomic E-state index is 13.5. The molecule has 0 aliphatic rings. The molecular weight excluding hydrogens is 249 g/mol. The first-order valence-corrected chi connectivity index (χ1v) is 5.52. The Bertz CT molecular complexity index is 623. The molecule has 0 amide bonds. The maximum Gasteiger partial charge on any atom is 0.168 e. The number of nitrogen functional groups attached to an aromatic ring is 2. The Labute approximate surface area is 109 Å². The van der Waals surface area contributed by atoms with Gasteiger partial charge in [0.2, 0.25) is 0 Å². The Morgan fingerprint density at radius 1 is 1.47 bits per heavy atom. The van der Waals surface area contributed by atoms with Gasteiger partial charge in [0.15, 0.2) is 17.4 Å². The van der Waals surface area contributed by atoms with Crippen molar-refractivity contribution in [1.29, 1.82) is 0 Å². The summed E-state index contributed by atoms with van der Waals surface area (Å²) in [4.78, 5) is 3.96. The molecule has 0 saturated carbocycles. The smallest absolute Gasteiger partial charge is 0.168 e. The number of nitrogens with two attached hydrogens (primary N) is 2. The number of anilines is 2. The van der Waals surface area contributed by atoms with Crippen LogP contribution >= 0.6 is 0 Å². The summed E-state index contributed by atoms with van der Waals surface area (Å²) in [6.07, 6.45) is 3.16. The molecule has 2 aromatic rings. The number of halogens is 1. The summed E-state index contributed by atoms with van der Waals surface area (Å²) >= 11 is 0. The Balaban J connectivity index is 2.56. The Morgan fingerprint density at radius 3 is 2.79 bits per heavy atom. The van der Waals surface area contributed by atoms with Gasteiger partial charge in [0, 0.05) is 19.3 Å². The minimum absolute atomic E-state index is 0.213. The third-order valence-electron chi connectivity index (χ3n) is 2.41. The predicted octanol–water partition coefficient (Wildman–Crippen LogP) is 1.35. The lowest BCUT2D eigenvalue weighted by atomic mass is 10.2. The van der Waals surface area contributed by atoms with E-state index in [9.17, 15) is 4.39 Å². The summed E-state index contributed by atoms with van der Waals surface area (Å²) < 4.78 is 20.3. The Kier molecular flexibility index (Phi) is 3.37. The summed E-state index contributed by atoms with van der Waals surface area (Å²) in [7, 11) is 1.72. The molecule has 0 bridgehead atoms. The van der Waals surface area contributed by atoms with Crippen LogP contribution in [-0.2, 0) is 7.05 Å². The molecule has 0 aliphatic heterocycles. The molecule has 100 valence electrons. The van der Waals surface area contributed by atoms with Crippen LogP contribution in [-0.4, -0.2) is 21.4 Å². The van der Waals surface area contributed by atoms with Crippen molar-refractivity contribution < 1.29 is 9.13 Å². The van der Waals surface area contributed by atoms with Crippen molar-refractivity contribution in [2.75, 3.05) is 18.1 Å². The van der Waals surface area contributed by atoms with Crippen LogP contribution in [0, 0.1) is 5.82 Å². The molecule has 2 heterocycles. The van der Waals surface area contributed by atoms with Crippen LogP contribution in [0.15, 0.2) is 24.9 Å². The van der Waals surface area contributed by atoms with Crippen molar-refractivity contribution >= 4 is 11.5 Å². The molecule has 4 N–H and O–H groups in total. The first-order chi connectivity index (χ1) is 9.02. The summed E-state index contributed by atoms with van der Waals surface area (Å²) in [6, 6.07) is 1.16. The van der Waals surface area contributed by atoms with Crippen molar-refractivity contribution in [3.63, 3.8) is 0 Å². The number of nitrogens with zero attached hydrogens (tertiary/aromatic N) is 3. The van der Waals surface area contributed by atoms with Crippen molar-refractivity contribution in [3.05, 3.63) is 30.7 Å². The Hall–Kier alpha value is -2.57. The molecule has 19 heavy (non-hydrogen) atoms. The fourth-order valence-electron chi connectivity index (χ4n) is 1.61. The summed E-state index contributed by atoms with van der Waals surface area (Å²) in [5.41, 5.74) is 12.4. The molecule has 0 radical (unpaired) electrons. The van der Waals surface area contributed by atoms with Gasteiger partial charge in [-0.3, -0.25) is 4.68 Å². The molecule has 6 nitrogen and oxygen atoms in total. The largest absolute Gasteiger partial charge is 0.487 e. The minimum atomic E-state index is -0.655. The fourth-order valence-corrected chi connectivity index (χ4v) is 1.61. The lowest BCUT2D eigenvalue weighted by Gasteiger charge is -2.09. The van der Waals surface area contributed by atoms with Gasteiger partial charge in [-0.2, -0.15) is 5.10 Å². The lowest BCUT2D eigenvalue weighted by Crippen LogP contribution is -2.03. The van der Waals surface area contributed by atoms with E-state index in [2.05, 4.69) is 16.7 Å². The quantitative estimate of drug-likeness (QED) is 0.812. The first-order valence-electron chi connectivity index (χ1n) is 5.52. The molecule has 2 aromatic heterocycles. The van der Waals surface area contributed by atoms with Crippen LogP contribution in [0.2, 0.25) is 0 Å². The molecule has 0 aliphatic carbocycles. The van der Waals surface area contributed by atoms with Crippen molar-refractivity contribution in [3.8, 4) is 17.1 Å². The minimum Gasteiger partial charge on any atom is -0.487 e. The van der Waals surface area contributed by atoms with E-state index in [1.807, 2.05) is 0 Å². The van der Waals surface area contributed by atoms with E-state index in [1.165, 1.54) is 4.68 Å². The highest BCUT2D eigenvalue weighted by Crippen LogP contribution is 2.32. The monoisotopic (exact) mass is 263 g/mol. The second-order valence-electron chi connectivity index (χ2n) is 3.91. The van der Waals surface area contributed by atoms with Gasteiger partial charge in [-0.1, -0.05) is 12.7 Å². The lowest BCUT2D eigenvalue weighted by molar-refractivity contribution is 0.361. The van der Waals surface area contributed by atoms with Crippen molar-refractivity contribution in [2.24, 2.45) is 7.05 Å². The molecule has 0 aromatic carbocycles. The van der Waals surface area contributed by atoms with E-state index >= 15 is 0 Å². The number of ether oxygens (including phenoxy) is 1. The number of aromatic nitrogens is 3. The third-order valence-corrected chi connectivity index (χ3v) is 2.41. The van der Waals surface area contributed by atoms with E-state index in [1.54, 1.807) is 19.3 Å². The average molecular weight is 263 g/mol. The second-order valence-corrected chi connectivity index (χ2v) is 3.91. The van der Waals surface area contributed by atoms with Gasteiger partial charge in [-0.25, -0.2) is 9.37 Å². The van der Waals surface area contributed by atoms with Crippen molar-refractivity contribution in [1.82, 2.24) is 14.8 Å². The Morgan fingerprint density at radius 2 is 2.21 bits per heavy atom. The van der Waals surface area contributed by atoms with Gasteiger partial charge in [0.25, 0.3) is 0 Å². The normalized spacial score (nSPS) is 10.4. The number of aryl methyl sites for hydroxylation is 1. The van der Waals surface area contributed by atoms with Crippen LogP contribution in [0.5, 0.6) is 5.75 Å². The zero-order chi connectivity index (χ0) is 14.0. The molecule has 0 atom stereocenters. The van der Waals surface area contributed by atoms with Crippen LogP contribution in [0.25, 0.3) is 11.4 Å². The van der Waals surface area contributed by atoms with E-state index < -0.39 is 5.82 Å². The van der Waals surface area contributed by atoms with Crippen LogP contribution in [0.1, 0.15) is 0 Å². The summed E-state index contributed by atoms with van der Waals surface area (Å²) in [6.45, 7) is 3.74. The van der Waals surface area contributed by atoms with Crippen LogP contribution in [0.4, 0.5) is 15.9 Å². The van der Waals surface area contributed by atoms with Crippen molar-refractivity contribution in [2.45, 2.75) is 0 Å². The zero-order valence-corrected chi connectivity index (χ0v) is 10.4. The third kappa shape index (κ3) is 2.49. The average Bonchev–Trinajstić information content (AvgIpc) is 2.69. The topological polar surface area (TPSA) is 92.0 Å². The zero-order valence-electron chi connectivity index (χ0n) is 10.4. The highest BCUT2D eigenvalue weighted by Gasteiger charge is 2.17. The highest BCUT2D eigenvalue weighted by atomic mass is 19.1. The molecule has 2 rings (SSSR count). The number of pyridine rings is 1. The standard InChI is InChI=1S/C12H14FN5O/c1-3-4-19-9-5-7(13)12(15)16-11(9)10-8(14)6-18(2)17-10/h3,5-6H,1,4,14H2,2H3,(H2,15,16). The number of rotatable bonds is 4. The van der Waals surface area contributed by atoms with Gasteiger partial charge < -0.3 is 16.2 Å². The highest BCUT2D eigenvalue weighted by molar-refractivity contribution is 5.74. The number of hydrogen-bond acceptors (Lipinski definition) is 5. The second kappa shape index (κ2) is 4.97. The predicted molar refractivity (Wildman–Crippen MR) is 70.9 cm³/mol. The van der Waals surface area contributed by atoms with Gasteiger partial charge >= 0.3 is 0 Å².